The number of nitriles is 1. The molecular formula is C10H3BrCl2N2. The highest BCUT2D eigenvalue weighted by Gasteiger charge is 2.12. The van der Waals surface area contributed by atoms with Gasteiger partial charge in [0.2, 0.25) is 0 Å². The first-order valence-corrected chi connectivity index (χ1v) is 5.53. The summed E-state index contributed by atoms with van der Waals surface area (Å²) in [6.45, 7) is 0. The predicted octanol–water partition coefficient (Wildman–Crippen LogP) is 4.18. The zero-order valence-electron chi connectivity index (χ0n) is 7.26. The summed E-state index contributed by atoms with van der Waals surface area (Å²) in [5, 5.41) is 10.0. The monoisotopic (exact) mass is 300 g/mol. The molecule has 1 aromatic heterocycles. The molecule has 5 heteroatoms. The summed E-state index contributed by atoms with van der Waals surface area (Å²) in [7, 11) is 0. The second-order valence-corrected chi connectivity index (χ2v) is 4.43. The molecule has 15 heavy (non-hydrogen) atoms. The molecule has 0 unspecified atom stereocenters. The maximum atomic E-state index is 8.86. The number of hydrogen-bond acceptors (Lipinski definition) is 2. The quantitative estimate of drug-likeness (QED) is 0.685. The summed E-state index contributed by atoms with van der Waals surface area (Å²) in [4.78, 5) is 4.12. The molecule has 2 rings (SSSR count). The highest BCUT2D eigenvalue weighted by molar-refractivity contribution is 9.10. The van der Waals surface area contributed by atoms with Crippen LogP contribution in [0.1, 0.15) is 5.56 Å². The van der Waals surface area contributed by atoms with Crippen molar-refractivity contribution < 1.29 is 0 Å². The molecule has 0 aliphatic rings. The van der Waals surface area contributed by atoms with Crippen molar-refractivity contribution in [3.8, 4) is 6.07 Å². The standard InChI is InChI=1S/C10H3BrCl2N2/c11-7-3-1-2-5-8(12)6(4-14)10(13)15-9(5)7/h1-3H. The van der Waals surface area contributed by atoms with E-state index in [0.29, 0.717) is 15.9 Å². The van der Waals surface area contributed by atoms with E-state index in [1.807, 2.05) is 18.2 Å². The van der Waals surface area contributed by atoms with E-state index in [1.165, 1.54) is 0 Å². The van der Waals surface area contributed by atoms with Crippen LogP contribution in [0.5, 0.6) is 0 Å². The molecule has 0 saturated carbocycles. The molecule has 2 nitrogen and oxygen atoms in total. The van der Waals surface area contributed by atoms with Gasteiger partial charge in [-0.1, -0.05) is 35.3 Å². The Labute approximate surface area is 105 Å². The van der Waals surface area contributed by atoms with E-state index in [2.05, 4.69) is 20.9 Å². The van der Waals surface area contributed by atoms with Gasteiger partial charge in [-0.3, -0.25) is 0 Å². The Kier molecular flexibility index (Phi) is 2.83. The van der Waals surface area contributed by atoms with Crippen molar-refractivity contribution in [1.29, 1.82) is 5.26 Å². The van der Waals surface area contributed by atoms with E-state index in [9.17, 15) is 0 Å². The van der Waals surface area contributed by atoms with Crippen molar-refractivity contribution in [2.75, 3.05) is 0 Å². The van der Waals surface area contributed by atoms with Crippen LogP contribution in [0.2, 0.25) is 10.2 Å². The topological polar surface area (TPSA) is 36.7 Å². The van der Waals surface area contributed by atoms with Gasteiger partial charge in [0, 0.05) is 9.86 Å². The Hall–Kier alpha value is -0.820. The van der Waals surface area contributed by atoms with Crippen molar-refractivity contribution >= 4 is 50.0 Å². The second kappa shape index (κ2) is 3.97. The number of nitrogens with zero attached hydrogens (tertiary/aromatic N) is 2. The van der Waals surface area contributed by atoms with Gasteiger partial charge in [-0.05, 0) is 22.0 Å². The number of fused-ring (bicyclic) bond motifs is 1. The zero-order chi connectivity index (χ0) is 11.0. The van der Waals surface area contributed by atoms with Crippen LogP contribution in [0.15, 0.2) is 22.7 Å². The molecule has 0 amide bonds. The number of halogens is 3. The van der Waals surface area contributed by atoms with Gasteiger partial charge in [0.1, 0.15) is 16.8 Å². The Morgan fingerprint density at radius 2 is 2.07 bits per heavy atom. The molecule has 0 fully saturated rings. The smallest absolute Gasteiger partial charge is 0.149 e. The Morgan fingerprint density at radius 3 is 2.73 bits per heavy atom. The third-order valence-electron chi connectivity index (χ3n) is 1.97. The molecule has 0 radical (unpaired) electrons. The van der Waals surface area contributed by atoms with Gasteiger partial charge in [0.15, 0.2) is 0 Å². The fraction of sp³-hybridized carbons (Fsp3) is 0. The summed E-state index contributed by atoms with van der Waals surface area (Å²) in [5.74, 6) is 0. The predicted molar refractivity (Wildman–Crippen MR) is 64.2 cm³/mol. The van der Waals surface area contributed by atoms with Gasteiger partial charge >= 0.3 is 0 Å². The van der Waals surface area contributed by atoms with Crippen molar-refractivity contribution in [3.63, 3.8) is 0 Å². The summed E-state index contributed by atoms with van der Waals surface area (Å²) in [6, 6.07) is 7.40. The van der Waals surface area contributed by atoms with Gasteiger partial charge < -0.3 is 0 Å². The van der Waals surface area contributed by atoms with Crippen LogP contribution in [0.25, 0.3) is 10.9 Å². The largest absolute Gasteiger partial charge is 0.233 e. The molecule has 74 valence electrons. The van der Waals surface area contributed by atoms with Crippen LogP contribution < -0.4 is 0 Å². The van der Waals surface area contributed by atoms with Gasteiger partial charge in [-0.25, -0.2) is 4.98 Å². The summed E-state index contributed by atoms with van der Waals surface area (Å²) >= 11 is 15.2. The first-order valence-electron chi connectivity index (χ1n) is 3.98. The normalized spacial score (nSPS) is 10.3. The maximum Gasteiger partial charge on any atom is 0.149 e. The van der Waals surface area contributed by atoms with Gasteiger partial charge in [0.25, 0.3) is 0 Å². The Morgan fingerprint density at radius 1 is 1.33 bits per heavy atom. The average molecular weight is 302 g/mol. The highest BCUT2D eigenvalue weighted by atomic mass is 79.9. The van der Waals surface area contributed by atoms with Crippen molar-refractivity contribution in [2.45, 2.75) is 0 Å². The Bertz CT molecular complexity index is 590. The molecule has 0 saturated heterocycles. The molecule has 0 N–H and O–H groups in total. The van der Waals surface area contributed by atoms with E-state index in [-0.39, 0.29) is 10.7 Å². The van der Waals surface area contributed by atoms with E-state index in [4.69, 9.17) is 28.5 Å². The Balaban J connectivity index is 2.99. The molecule has 2 aromatic rings. The van der Waals surface area contributed by atoms with Crippen LogP contribution in [0.3, 0.4) is 0 Å². The van der Waals surface area contributed by atoms with E-state index in [1.54, 1.807) is 6.07 Å². The molecule has 0 aliphatic carbocycles. The number of para-hydroxylation sites is 1. The summed E-state index contributed by atoms with van der Waals surface area (Å²) in [6.07, 6.45) is 0. The third kappa shape index (κ3) is 1.69. The summed E-state index contributed by atoms with van der Waals surface area (Å²) in [5.41, 5.74) is 0.871. The van der Waals surface area contributed by atoms with Gasteiger partial charge in [0.05, 0.1) is 10.5 Å². The molecular weight excluding hydrogens is 299 g/mol. The fourth-order valence-corrected chi connectivity index (χ4v) is 2.29. The molecule has 0 atom stereocenters. The molecule has 1 heterocycles. The lowest BCUT2D eigenvalue weighted by Gasteiger charge is -2.04. The van der Waals surface area contributed by atoms with Crippen molar-refractivity contribution in [1.82, 2.24) is 4.98 Å². The molecule has 0 aliphatic heterocycles. The first kappa shape index (κ1) is 10.7. The van der Waals surface area contributed by atoms with E-state index in [0.717, 1.165) is 4.47 Å². The SMILES string of the molecule is N#Cc1c(Cl)nc2c(Br)cccc2c1Cl. The van der Waals surface area contributed by atoms with Crippen LogP contribution in [0.4, 0.5) is 0 Å². The zero-order valence-corrected chi connectivity index (χ0v) is 10.4. The third-order valence-corrected chi connectivity index (χ3v) is 3.28. The number of aromatic nitrogens is 1. The maximum absolute atomic E-state index is 8.86. The van der Waals surface area contributed by atoms with Crippen LogP contribution in [0, 0.1) is 11.3 Å². The minimum Gasteiger partial charge on any atom is -0.233 e. The van der Waals surface area contributed by atoms with E-state index >= 15 is 0 Å². The number of rotatable bonds is 0. The van der Waals surface area contributed by atoms with E-state index < -0.39 is 0 Å². The van der Waals surface area contributed by atoms with Crippen LogP contribution in [-0.4, -0.2) is 4.98 Å². The van der Waals surface area contributed by atoms with Crippen molar-refractivity contribution in [3.05, 3.63) is 38.4 Å². The van der Waals surface area contributed by atoms with Gasteiger partial charge in [-0.2, -0.15) is 5.26 Å². The lowest BCUT2D eigenvalue weighted by atomic mass is 10.2. The number of benzene rings is 1. The van der Waals surface area contributed by atoms with Crippen LogP contribution in [-0.2, 0) is 0 Å². The minimum atomic E-state index is 0.127. The highest BCUT2D eigenvalue weighted by Crippen LogP contribution is 2.33. The average Bonchev–Trinajstić information content (AvgIpc) is 2.20. The lowest BCUT2D eigenvalue weighted by molar-refractivity contribution is 1.36. The lowest BCUT2D eigenvalue weighted by Crippen LogP contribution is -1.88. The second-order valence-electron chi connectivity index (χ2n) is 2.84. The molecule has 0 spiro atoms. The molecule has 1 aromatic carbocycles. The first-order chi connectivity index (χ1) is 7.15. The van der Waals surface area contributed by atoms with Crippen LogP contribution >= 0.6 is 39.1 Å². The fourth-order valence-electron chi connectivity index (χ4n) is 1.28. The number of hydrogen-bond donors (Lipinski definition) is 0. The minimum absolute atomic E-state index is 0.127. The summed E-state index contributed by atoms with van der Waals surface area (Å²) < 4.78 is 0.799. The van der Waals surface area contributed by atoms with Gasteiger partial charge in [-0.15, -0.1) is 0 Å². The molecule has 0 bridgehead atoms. The number of pyridine rings is 1. The van der Waals surface area contributed by atoms with Crippen molar-refractivity contribution in [2.24, 2.45) is 0 Å².